The molecule has 0 spiro atoms. The van der Waals surface area contributed by atoms with Gasteiger partial charge in [-0.25, -0.2) is 4.98 Å². The summed E-state index contributed by atoms with van der Waals surface area (Å²) in [7, 11) is 4.86. The fourth-order valence-electron chi connectivity index (χ4n) is 2.33. The number of nitrogens with one attached hydrogen (secondary N) is 1. The summed E-state index contributed by atoms with van der Waals surface area (Å²) < 4.78 is 16.2. The lowest BCUT2D eigenvalue weighted by Gasteiger charge is -2.16. The van der Waals surface area contributed by atoms with Crippen LogP contribution in [0.2, 0.25) is 0 Å². The molecule has 0 saturated heterocycles. The van der Waals surface area contributed by atoms with Crippen LogP contribution in [0, 0.1) is 6.92 Å². The Hall–Kier alpha value is -2.43. The number of rotatable bonds is 7. The summed E-state index contributed by atoms with van der Waals surface area (Å²) in [5, 5.41) is 3.31. The van der Waals surface area contributed by atoms with Gasteiger partial charge in [0.2, 0.25) is 5.75 Å². The summed E-state index contributed by atoms with van der Waals surface area (Å²) in [6.07, 6.45) is 0.791. The molecule has 0 aliphatic rings. The predicted molar refractivity (Wildman–Crippen MR) is 87.3 cm³/mol. The van der Waals surface area contributed by atoms with Crippen molar-refractivity contribution in [3.05, 3.63) is 41.6 Å². The molecule has 0 saturated carbocycles. The van der Waals surface area contributed by atoms with Gasteiger partial charge < -0.3 is 19.5 Å². The van der Waals surface area contributed by atoms with Gasteiger partial charge in [-0.05, 0) is 31.5 Å². The van der Waals surface area contributed by atoms with Gasteiger partial charge in [-0.15, -0.1) is 0 Å². The molecule has 5 heteroatoms. The van der Waals surface area contributed by atoms with Crippen LogP contribution >= 0.6 is 0 Å². The van der Waals surface area contributed by atoms with E-state index in [1.165, 1.54) is 0 Å². The minimum Gasteiger partial charge on any atom is -0.493 e. The van der Waals surface area contributed by atoms with E-state index in [-0.39, 0.29) is 0 Å². The molecule has 1 N–H and O–H groups in total. The van der Waals surface area contributed by atoms with E-state index in [0.29, 0.717) is 17.2 Å². The van der Waals surface area contributed by atoms with Crippen LogP contribution in [0.15, 0.2) is 30.3 Å². The van der Waals surface area contributed by atoms with Gasteiger partial charge in [0.25, 0.3) is 0 Å². The zero-order chi connectivity index (χ0) is 15.9. The molecule has 1 aromatic carbocycles. The van der Waals surface area contributed by atoms with Crippen molar-refractivity contribution >= 4 is 5.82 Å². The lowest BCUT2D eigenvalue weighted by atomic mass is 10.1. The molecule has 1 heterocycles. The highest BCUT2D eigenvalue weighted by molar-refractivity contribution is 5.56. The molecule has 0 fully saturated rings. The molecular weight excluding hydrogens is 280 g/mol. The number of ether oxygens (including phenoxy) is 3. The van der Waals surface area contributed by atoms with E-state index < -0.39 is 0 Å². The minimum atomic E-state index is 0.621. The van der Waals surface area contributed by atoms with Crippen molar-refractivity contribution in [2.75, 3.05) is 33.2 Å². The molecule has 0 radical (unpaired) electrons. The van der Waals surface area contributed by atoms with Crippen molar-refractivity contribution < 1.29 is 14.2 Å². The van der Waals surface area contributed by atoms with Crippen molar-refractivity contribution in [2.45, 2.75) is 13.3 Å². The number of aromatic nitrogens is 1. The normalized spacial score (nSPS) is 10.2. The molecule has 22 heavy (non-hydrogen) atoms. The Kier molecular flexibility index (Phi) is 5.47. The average Bonchev–Trinajstić information content (AvgIpc) is 2.54. The van der Waals surface area contributed by atoms with Crippen LogP contribution in [0.1, 0.15) is 11.3 Å². The summed E-state index contributed by atoms with van der Waals surface area (Å²) >= 11 is 0. The third kappa shape index (κ3) is 3.61. The number of hydrogen-bond donors (Lipinski definition) is 1. The van der Waals surface area contributed by atoms with Crippen LogP contribution in [0.4, 0.5) is 5.82 Å². The van der Waals surface area contributed by atoms with Crippen LogP contribution in [0.5, 0.6) is 17.2 Å². The van der Waals surface area contributed by atoms with E-state index >= 15 is 0 Å². The third-order valence-electron chi connectivity index (χ3n) is 3.37. The van der Waals surface area contributed by atoms with Crippen molar-refractivity contribution in [2.24, 2.45) is 0 Å². The second-order valence-corrected chi connectivity index (χ2v) is 4.83. The van der Waals surface area contributed by atoms with Crippen LogP contribution in [0.3, 0.4) is 0 Å². The van der Waals surface area contributed by atoms with E-state index in [2.05, 4.69) is 10.3 Å². The first-order valence-electron chi connectivity index (χ1n) is 7.15. The van der Waals surface area contributed by atoms with Gasteiger partial charge in [0.1, 0.15) is 5.82 Å². The molecule has 1 aromatic heterocycles. The topological polar surface area (TPSA) is 52.6 Å². The predicted octanol–water partition coefficient (Wildman–Crippen LogP) is 3.07. The van der Waals surface area contributed by atoms with Gasteiger partial charge in [-0.1, -0.05) is 12.1 Å². The van der Waals surface area contributed by atoms with Gasteiger partial charge in [-0.2, -0.15) is 0 Å². The Morgan fingerprint density at radius 1 is 0.955 bits per heavy atom. The molecule has 0 aliphatic carbocycles. The van der Waals surface area contributed by atoms with Crippen LogP contribution < -0.4 is 19.5 Å². The Bertz CT molecular complexity index is 629. The largest absolute Gasteiger partial charge is 0.493 e. The van der Waals surface area contributed by atoms with Gasteiger partial charge in [0, 0.05) is 17.8 Å². The number of aryl methyl sites for hydroxylation is 1. The fraction of sp³-hybridized carbons (Fsp3) is 0.353. The monoisotopic (exact) mass is 302 g/mol. The van der Waals surface area contributed by atoms with Crippen LogP contribution in [-0.2, 0) is 6.42 Å². The number of methoxy groups -OCH3 is 3. The van der Waals surface area contributed by atoms with E-state index in [4.69, 9.17) is 14.2 Å². The number of benzene rings is 1. The number of anilines is 1. The molecular formula is C17H22N2O3. The van der Waals surface area contributed by atoms with E-state index in [9.17, 15) is 0 Å². The smallest absolute Gasteiger partial charge is 0.203 e. The SMILES string of the molecule is COc1ccc(CCNc2cccc(C)n2)c(OC)c1OC. The molecule has 2 aromatic rings. The minimum absolute atomic E-state index is 0.621. The van der Waals surface area contributed by atoms with Crippen molar-refractivity contribution in [1.82, 2.24) is 4.98 Å². The number of pyridine rings is 1. The van der Waals surface area contributed by atoms with Crippen molar-refractivity contribution in [3.63, 3.8) is 0 Å². The first-order chi connectivity index (χ1) is 10.7. The van der Waals surface area contributed by atoms with Crippen LogP contribution in [-0.4, -0.2) is 32.9 Å². The highest BCUT2D eigenvalue weighted by atomic mass is 16.5. The zero-order valence-corrected chi connectivity index (χ0v) is 13.5. The molecule has 0 bridgehead atoms. The summed E-state index contributed by atoms with van der Waals surface area (Å²) in [4.78, 5) is 4.42. The average molecular weight is 302 g/mol. The maximum atomic E-state index is 5.48. The fourth-order valence-corrected chi connectivity index (χ4v) is 2.33. The molecule has 2 rings (SSSR count). The summed E-state index contributed by atoms with van der Waals surface area (Å²) in [5.74, 6) is 2.87. The summed E-state index contributed by atoms with van der Waals surface area (Å²) in [5.41, 5.74) is 2.05. The molecule has 0 atom stereocenters. The second-order valence-electron chi connectivity index (χ2n) is 4.83. The quantitative estimate of drug-likeness (QED) is 0.852. The third-order valence-corrected chi connectivity index (χ3v) is 3.37. The molecule has 5 nitrogen and oxygen atoms in total. The molecule has 118 valence electrons. The lowest BCUT2D eigenvalue weighted by molar-refractivity contribution is 0.322. The van der Waals surface area contributed by atoms with Crippen molar-refractivity contribution in [3.8, 4) is 17.2 Å². The van der Waals surface area contributed by atoms with E-state index in [0.717, 1.165) is 30.0 Å². The van der Waals surface area contributed by atoms with Gasteiger partial charge >= 0.3 is 0 Å². The Labute approximate surface area is 131 Å². The highest BCUT2D eigenvalue weighted by Gasteiger charge is 2.15. The first kappa shape index (κ1) is 15.9. The Morgan fingerprint density at radius 2 is 1.73 bits per heavy atom. The molecule has 0 unspecified atom stereocenters. The van der Waals surface area contributed by atoms with Gasteiger partial charge in [0.05, 0.1) is 21.3 Å². The maximum absolute atomic E-state index is 5.48. The van der Waals surface area contributed by atoms with E-state index in [1.807, 2.05) is 37.3 Å². The maximum Gasteiger partial charge on any atom is 0.203 e. The van der Waals surface area contributed by atoms with Gasteiger partial charge in [-0.3, -0.25) is 0 Å². The first-order valence-corrected chi connectivity index (χ1v) is 7.15. The zero-order valence-electron chi connectivity index (χ0n) is 13.5. The van der Waals surface area contributed by atoms with Gasteiger partial charge in [0.15, 0.2) is 11.5 Å². The second kappa shape index (κ2) is 7.54. The molecule has 0 amide bonds. The summed E-state index contributed by atoms with van der Waals surface area (Å²) in [6, 6.07) is 9.80. The van der Waals surface area contributed by atoms with Crippen molar-refractivity contribution in [1.29, 1.82) is 0 Å². The standard InChI is InChI=1S/C17H22N2O3/c1-12-6-5-7-15(19-12)18-11-10-13-8-9-14(20-2)17(22-4)16(13)21-3/h5-9H,10-11H2,1-4H3,(H,18,19). The Morgan fingerprint density at radius 3 is 2.36 bits per heavy atom. The van der Waals surface area contributed by atoms with Crippen LogP contribution in [0.25, 0.3) is 0 Å². The Balaban J connectivity index is 2.09. The van der Waals surface area contributed by atoms with E-state index in [1.54, 1.807) is 21.3 Å². The summed E-state index contributed by atoms with van der Waals surface area (Å²) in [6.45, 7) is 2.73. The number of nitrogens with zero attached hydrogens (tertiary/aromatic N) is 1. The molecule has 0 aliphatic heterocycles. The highest BCUT2D eigenvalue weighted by Crippen LogP contribution is 2.39. The lowest BCUT2D eigenvalue weighted by Crippen LogP contribution is -2.08. The number of hydrogen-bond acceptors (Lipinski definition) is 5.